The minimum Gasteiger partial charge on any atom is -0.367 e. The number of carbonyl (C=O) groups excluding carboxylic acids is 1. The van der Waals surface area contributed by atoms with E-state index in [4.69, 9.17) is 9.97 Å². The third-order valence-electron chi connectivity index (χ3n) is 6.94. The fourth-order valence-corrected chi connectivity index (χ4v) is 5.12. The van der Waals surface area contributed by atoms with Crippen molar-refractivity contribution in [3.63, 3.8) is 0 Å². The first-order chi connectivity index (χ1) is 17.2. The molecule has 0 bridgehead atoms. The number of pyridine rings is 1. The van der Waals surface area contributed by atoms with E-state index >= 15 is 0 Å². The van der Waals surface area contributed by atoms with E-state index in [1.807, 2.05) is 42.5 Å². The minimum atomic E-state index is -0.200. The van der Waals surface area contributed by atoms with Gasteiger partial charge in [0.1, 0.15) is 5.82 Å². The van der Waals surface area contributed by atoms with Crippen molar-refractivity contribution >= 4 is 28.3 Å². The highest BCUT2D eigenvalue weighted by Gasteiger charge is 2.34. The molecule has 3 heterocycles. The number of carbonyl (C=O) groups is 1. The molecule has 1 aliphatic heterocycles. The average Bonchev–Trinajstić information content (AvgIpc) is 3.37. The normalized spacial score (nSPS) is 21.4. The third kappa shape index (κ3) is 4.45. The Balaban J connectivity index is 1.34. The van der Waals surface area contributed by atoms with E-state index in [-0.39, 0.29) is 5.91 Å². The fourth-order valence-electron chi connectivity index (χ4n) is 5.12. The number of nitrogens with zero attached hydrogens (tertiary/aromatic N) is 3. The summed E-state index contributed by atoms with van der Waals surface area (Å²) in [4.78, 5) is 26.7. The molecule has 2 fully saturated rings. The van der Waals surface area contributed by atoms with Crippen LogP contribution < -0.4 is 21.5 Å². The van der Waals surface area contributed by atoms with E-state index in [2.05, 4.69) is 32.5 Å². The van der Waals surface area contributed by atoms with Gasteiger partial charge in [-0.1, -0.05) is 24.3 Å². The SMILES string of the molecule is O=C(Nc1ccccc1-c1nc(NC2CCC3NNCC3C2)c2ccccc2n1)c1ccncc1. The summed E-state index contributed by atoms with van der Waals surface area (Å²) in [5.41, 5.74) is 9.55. The molecule has 8 nitrogen and oxygen atoms in total. The Morgan fingerprint density at radius 2 is 1.77 bits per heavy atom. The molecule has 0 spiro atoms. The van der Waals surface area contributed by atoms with Crippen LogP contribution in [-0.4, -0.2) is 39.5 Å². The molecule has 2 aliphatic rings. The monoisotopic (exact) mass is 465 g/mol. The van der Waals surface area contributed by atoms with Gasteiger partial charge in [-0.3, -0.25) is 20.6 Å². The first kappa shape index (κ1) is 21.6. The highest BCUT2D eigenvalue weighted by Crippen LogP contribution is 2.33. The van der Waals surface area contributed by atoms with Crippen molar-refractivity contribution in [3.05, 3.63) is 78.6 Å². The van der Waals surface area contributed by atoms with Crippen molar-refractivity contribution < 1.29 is 4.79 Å². The molecule has 1 aliphatic carbocycles. The van der Waals surface area contributed by atoms with Crippen LogP contribution in [-0.2, 0) is 0 Å². The smallest absolute Gasteiger partial charge is 0.255 e. The van der Waals surface area contributed by atoms with Gasteiger partial charge in [0, 0.05) is 47.5 Å². The Labute approximate surface area is 203 Å². The maximum atomic E-state index is 12.8. The maximum absolute atomic E-state index is 12.8. The van der Waals surface area contributed by atoms with Gasteiger partial charge in [0.25, 0.3) is 5.91 Å². The minimum absolute atomic E-state index is 0.200. The van der Waals surface area contributed by atoms with Crippen molar-refractivity contribution in [1.82, 2.24) is 25.8 Å². The number of aromatic nitrogens is 3. The van der Waals surface area contributed by atoms with Gasteiger partial charge in [0.2, 0.25) is 0 Å². The summed E-state index contributed by atoms with van der Waals surface area (Å²) in [6.45, 7) is 1.00. The van der Waals surface area contributed by atoms with Crippen molar-refractivity contribution in [2.45, 2.75) is 31.3 Å². The van der Waals surface area contributed by atoms with Crippen LogP contribution in [0.4, 0.5) is 11.5 Å². The number of amides is 1. The van der Waals surface area contributed by atoms with Crippen LogP contribution in [0, 0.1) is 5.92 Å². The lowest BCUT2D eigenvalue weighted by Crippen LogP contribution is -2.39. The summed E-state index contributed by atoms with van der Waals surface area (Å²) < 4.78 is 0. The van der Waals surface area contributed by atoms with Gasteiger partial charge in [-0.05, 0) is 61.6 Å². The van der Waals surface area contributed by atoms with Gasteiger partial charge in [0.15, 0.2) is 5.82 Å². The Kier molecular flexibility index (Phi) is 5.81. The van der Waals surface area contributed by atoms with Gasteiger partial charge in [-0.2, -0.15) is 0 Å². The quantitative estimate of drug-likeness (QED) is 0.353. The van der Waals surface area contributed by atoms with Crippen LogP contribution in [0.25, 0.3) is 22.3 Å². The average molecular weight is 466 g/mol. The fraction of sp³-hybridized carbons (Fsp3) is 0.259. The zero-order valence-corrected chi connectivity index (χ0v) is 19.2. The van der Waals surface area contributed by atoms with Gasteiger partial charge in [-0.25, -0.2) is 9.97 Å². The number of hydrazine groups is 1. The highest BCUT2D eigenvalue weighted by molar-refractivity contribution is 6.06. The Hall–Kier alpha value is -3.88. The molecular formula is C27H27N7O. The molecule has 2 aromatic heterocycles. The molecule has 1 amide bonds. The number of nitrogens with one attached hydrogen (secondary N) is 4. The van der Waals surface area contributed by atoms with Gasteiger partial charge >= 0.3 is 0 Å². The van der Waals surface area contributed by atoms with Gasteiger partial charge in [-0.15, -0.1) is 0 Å². The Bertz CT molecular complexity index is 1360. The number of fused-ring (bicyclic) bond motifs is 2. The molecule has 6 rings (SSSR count). The Morgan fingerprint density at radius 1 is 0.943 bits per heavy atom. The third-order valence-corrected chi connectivity index (χ3v) is 6.94. The van der Waals surface area contributed by atoms with Crippen LogP contribution in [0.3, 0.4) is 0 Å². The lowest BCUT2D eigenvalue weighted by Gasteiger charge is -2.31. The summed E-state index contributed by atoms with van der Waals surface area (Å²) in [6.07, 6.45) is 6.53. The van der Waals surface area contributed by atoms with Crippen LogP contribution in [0.15, 0.2) is 73.1 Å². The van der Waals surface area contributed by atoms with Crippen molar-refractivity contribution in [1.29, 1.82) is 0 Å². The zero-order valence-electron chi connectivity index (χ0n) is 19.2. The number of hydrogen-bond donors (Lipinski definition) is 4. The molecule has 4 N–H and O–H groups in total. The van der Waals surface area contributed by atoms with E-state index in [0.717, 1.165) is 48.1 Å². The van der Waals surface area contributed by atoms with Crippen molar-refractivity contribution in [2.75, 3.05) is 17.2 Å². The number of benzene rings is 2. The van der Waals surface area contributed by atoms with Crippen LogP contribution in [0.1, 0.15) is 29.6 Å². The van der Waals surface area contributed by atoms with Crippen LogP contribution >= 0.6 is 0 Å². The second-order valence-electron chi connectivity index (χ2n) is 9.19. The molecule has 176 valence electrons. The van der Waals surface area contributed by atoms with Crippen molar-refractivity contribution in [2.24, 2.45) is 5.92 Å². The lowest BCUT2D eigenvalue weighted by molar-refractivity contribution is 0.102. The molecule has 4 aromatic rings. The second-order valence-corrected chi connectivity index (χ2v) is 9.19. The lowest BCUT2D eigenvalue weighted by atomic mass is 9.83. The first-order valence-corrected chi connectivity index (χ1v) is 12.1. The van der Waals surface area contributed by atoms with E-state index in [0.29, 0.717) is 35.1 Å². The molecule has 2 aromatic carbocycles. The molecular weight excluding hydrogens is 438 g/mol. The summed E-state index contributed by atoms with van der Waals surface area (Å²) in [7, 11) is 0. The molecule has 0 radical (unpaired) electrons. The summed E-state index contributed by atoms with van der Waals surface area (Å²) >= 11 is 0. The van der Waals surface area contributed by atoms with Crippen LogP contribution in [0.5, 0.6) is 0 Å². The molecule has 3 atom stereocenters. The van der Waals surface area contributed by atoms with Gasteiger partial charge in [0.05, 0.1) is 11.2 Å². The summed E-state index contributed by atoms with van der Waals surface area (Å²) in [5.74, 6) is 1.84. The number of rotatable bonds is 5. The molecule has 8 heteroatoms. The molecule has 3 unspecified atom stereocenters. The first-order valence-electron chi connectivity index (χ1n) is 12.1. The molecule has 1 saturated heterocycles. The number of para-hydroxylation sites is 2. The largest absolute Gasteiger partial charge is 0.367 e. The number of anilines is 2. The van der Waals surface area contributed by atoms with E-state index in [1.165, 1.54) is 0 Å². The second kappa shape index (κ2) is 9.40. The topological polar surface area (TPSA) is 104 Å². The summed E-state index contributed by atoms with van der Waals surface area (Å²) in [6, 6.07) is 20.0. The van der Waals surface area contributed by atoms with Crippen LogP contribution in [0.2, 0.25) is 0 Å². The standard InChI is InChI=1S/C27H27N7O/c35-27(17-11-13-28-14-12-17)32-24-8-4-2-6-21(24)26-31-23-7-3-1-5-20(23)25(33-26)30-19-9-10-22-18(15-19)16-29-34-22/h1-8,11-14,18-19,22,29,34H,9-10,15-16H2,(H,32,35)(H,30,31,33). The predicted octanol–water partition coefficient (Wildman–Crippen LogP) is 4.00. The van der Waals surface area contributed by atoms with E-state index in [9.17, 15) is 4.79 Å². The Morgan fingerprint density at radius 3 is 2.69 bits per heavy atom. The number of hydrogen-bond acceptors (Lipinski definition) is 7. The molecule has 1 saturated carbocycles. The van der Waals surface area contributed by atoms with E-state index in [1.54, 1.807) is 24.5 Å². The maximum Gasteiger partial charge on any atom is 0.255 e. The summed E-state index contributed by atoms with van der Waals surface area (Å²) in [5, 5.41) is 7.75. The molecule has 35 heavy (non-hydrogen) atoms. The predicted molar refractivity (Wildman–Crippen MR) is 137 cm³/mol. The highest BCUT2D eigenvalue weighted by atomic mass is 16.1. The van der Waals surface area contributed by atoms with E-state index < -0.39 is 0 Å². The van der Waals surface area contributed by atoms with Crippen molar-refractivity contribution in [3.8, 4) is 11.4 Å². The van der Waals surface area contributed by atoms with Gasteiger partial charge < -0.3 is 10.6 Å². The zero-order chi connectivity index (χ0) is 23.6.